The van der Waals surface area contributed by atoms with Crippen LogP contribution >= 0.6 is 11.3 Å². The second kappa shape index (κ2) is 8.51. The summed E-state index contributed by atoms with van der Waals surface area (Å²) in [5, 5.41) is 2.76. The molecule has 1 aromatic heterocycles. The molecule has 0 atom stereocenters. The molecule has 6 heteroatoms. The number of aromatic amines is 1. The first-order valence-electron chi connectivity index (χ1n) is 8.54. The third-order valence-electron chi connectivity index (χ3n) is 3.99. The van der Waals surface area contributed by atoms with Crippen LogP contribution in [-0.2, 0) is 11.2 Å². The molecule has 0 saturated carbocycles. The van der Waals surface area contributed by atoms with E-state index in [9.17, 15) is 9.59 Å². The highest BCUT2D eigenvalue weighted by molar-refractivity contribution is 7.07. The molecule has 0 spiro atoms. The van der Waals surface area contributed by atoms with Crippen LogP contribution in [0, 0.1) is 0 Å². The molecule has 0 fully saturated rings. The van der Waals surface area contributed by atoms with E-state index in [0.29, 0.717) is 20.6 Å². The molecule has 2 N–H and O–H groups in total. The maximum atomic E-state index is 12.3. The molecule has 1 amide bonds. The molecule has 0 aliphatic carbocycles. The lowest BCUT2D eigenvalue weighted by atomic mass is 10.1. The Bertz CT molecular complexity index is 1110. The van der Waals surface area contributed by atoms with E-state index in [0.717, 1.165) is 12.0 Å². The zero-order chi connectivity index (χ0) is 19.2. The van der Waals surface area contributed by atoms with Gasteiger partial charge in [0.25, 0.3) is 11.5 Å². The Hall–Kier alpha value is -3.12. The molecule has 0 aliphatic heterocycles. The smallest absolute Gasteiger partial charge is 0.266 e. The van der Waals surface area contributed by atoms with E-state index < -0.39 is 0 Å². The zero-order valence-electron chi connectivity index (χ0n) is 15.1. The SMILES string of the molecule is CCc1ccc(C=c2sc(=CC(=O)Nc3ccccc3OC)[nH]c2=O)cc1. The molecule has 0 radical (unpaired) electrons. The van der Waals surface area contributed by atoms with Gasteiger partial charge in [-0.05, 0) is 35.8 Å². The Labute approximate surface area is 160 Å². The van der Waals surface area contributed by atoms with Crippen LogP contribution < -0.4 is 24.8 Å². The van der Waals surface area contributed by atoms with E-state index in [1.165, 1.54) is 23.0 Å². The van der Waals surface area contributed by atoms with E-state index in [-0.39, 0.29) is 11.5 Å². The topological polar surface area (TPSA) is 71.2 Å². The van der Waals surface area contributed by atoms with E-state index in [4.69, 9.17) is 4.74 Å². The van der Waals surface area contributed by atoms with Gasteiger partial charge in [-0.1, -0.05) is 43.3 Å². The number of methoxy groups -OCH3 is 1. The van der Waals surface area contributed by atoms with Crippen LogP contribution in [0.5, 0.6) is 5.75 Å². The molecule has 3 rings (SSSR count). The summed E-state index contributed by atoms with van der Waals surface area (Å²) in [6, 6.07) is 15.2. The molecular weight excluding hydrogens is 360 g/mol. The van der Waals surface area contributed by atoms with Gasteiger partial charge in [0.1, 0.15) is 10.4 Å². The first-order chi connectivity index (χ1) is 13.1. The second-order valence-electron chi connectivity index (χ2n) is 5.86. The predicted molar refractivity (Wildman–Crippen MR) is 110 cm³/mol. The summed E-state index contributed by atoms with van der Waals surface area (Å²) < 4.78 is 6.25. The van der Waals surface area contributed by atoms with Gasteiger partial charge in [0.05, 0.1) is 17.3 Å². The summed E-state index contributed by atoms with van der Waals surface area (Å²) >= 11 is 1.24. The minimum absolute atomic E-state index is 0.212. The number of hydrogen-bond acceptors (Lipinski definition) is 4. The summed E-state index contributed by atoms with van der Waals surface area (Å²) in [4.78, 5) is 27.1. The van der Waals surface area contributed by atoms with Crippen molar-refractivity contribution in [1.29, 1.82) is 0 Å². The molecule has 0 unspecified atom stereocenters. The van der Waals surface area contributed by atoms with Crippen LogP contribution in [-0.4, -0.2) is 18.0 Å². The van der Waals surface area contributed by atoms with Gasteiger partial charge in [0, 0.05) is 6.08 Å². The number of anilines is 1. The number of ether oxygens (including phenoxy) is 1. The first-order valence-corrected chi connectivity index (χ1v) is 9.36. The molecule has 27 heavy (non-hydrogen) atoms. The monoisotopic (exact) mass is 380 g/mol. The van der Waals surface area contributed by atoms with E-state index in [1.807, 2.05) is 42.5 Å². The van der Waals surface area contributed by atoms with Gasteiger partial charge in [-0.25, -0.2) is 0 Å². The highest BCUT2D eigenvalue weighted by atomic mass is 32.1. The van der Waals surface area contributed by atoms with Crippen molar-refractivity contribution in [3.8, 4) is 5.75 Å². The Morgan fingerprint density at radius 2 is 1.93 bits per heavy atom. The second-order valence-corrected chi connectivity index (χ2v) is 6.94. The van der Waals surface area contributed by atoms with Crippen molar-refractivity contribution in [2.75, 3.05) is 12.4 Å². The lowest BCUT2D eigenvalue weighted by Crippen LogP contribution is -2.20. The fourth-order valence-electron chi connectivity index (χ4n) is 2.56. The van der Waals surface area contributed by atoms with Crippen LogP contribution in [0.3, 0.4) is 0 Å². The van der Waals surface area contributed by atoms with Crippen LogP contribution in [0.15, 0.2) is 53.3 Å². The van der Waals surface area contributed by atoms with Gasteiger partial charge >= 0.3 is 0 Å². The average Bonchev–Trinajstić information content (AvgIpc) is 3.01. The van der Waals surface area contributed by atoms with Crippen molar-refractivity contribution in [3.05, 3.63) is 79.2 Å². The molecule has 1 heterocycles. The molecule has 0 bridgehead atoms. The molecule has 138 valence electrons. The van der Waals surface area contributed by atoms with Gasteiger partial charge in [-0.3, -0.25) is 9.59 Å². The number of aryl methyl sites for hydroxylation is 1. The maximum Gasteiger partial charge on any atom is 0.266 e. The van der Waals surface area contributed by atoms with Crippen molar-refractivity contribution < 1.29 is 9.53 Å². The number of hydrogen-bond donors (Lipinski definition) is 2. The van der Waals surface area contributed by atoms with E-state index >= 15 is 0 Å². The average molecular weight is 380 g/mol. The number of H-pyrrole nitrogens is 1. The van der Waals surface area contributed by atoms with Crippen molar-refractivity contribution in [1.82, 2.24) is 4.98 Å². The minimum atomic E-state index is -0.337. The molecule has 3 aromatic rings. The number of carbonyl (C=O) groups excluding carboxylic acids is 1. The number of thiazole rings is 1. The Morgan fingerprint density at radius 1 is 1.19 bits per heavy atom. The highest BCUT2D eigenvalue weighted by Crippen LogP contribution is 2.22. The molecule has 5 nitrogen and oxygen atoms in total. The number of benzene rings is 2. The molecule has 0 aliphatic rings. The minimum Gasteiger partial charge on any atom is -0.495 e. The highest BCUT2D eigenvalue weighted by Gasteiger charge is 2.05. The Kier molecular flexibility index (Phi) is 5.88. The number of para-hydroxylation sites is 2. The lowest BCUT2D eigenvalue weighted by Gasteiger charge is -2.07. The predicted octanol–water partition coefficient (Wildman–Crippen LogP) is 2.26. The van der Waals surface area contributed by atoms with Crippen LogP contribution in [0.4, 0.5) is 5.69 Å². The van der Waals surface area contributed by atoms with Crippen molar-refractivity contribution in [3.63, 3.8) is 0 Å². The van der Waals surface area contributed by atoms with Crippen LogP contribution in [0.2, 0.25) is 0 Å². The number of carbonyl (C=O) groups is 1. The van der Waals surface area contributed by atoms with Crippen molar-refractivity contribution in [2.24, 2.45) is 0 Å². The number of aromatic nitrogens is 1. The summed E-state index contributed by atoms with van der Waals surface area (Å²) in [5.74, 6) is 0.235. The lowest BCUT2D eigenvalue weighted by molar-refractivity contribution is -0.110. The fraction of sp³-hybridized carbons (Fsp3) is 0.143. The van der Waals surface area contributed by atoms with Gasteiger partial charge in [-0.2, -0.15) is 0 Å². The molecular formula is C21H20N2O3S. The zero-order valence-corrected chi connectivity index (χ0v) is 15.9. The largest absolute Gasteiger partial charge is 0.495 e. The number of nitrogens with one attached hydrogen (secondary N) is 2. The fourth-order valence-corrected chi connectivity index (χ4v) is 3.45. The summed E-state index contributed by atoms with van der Waals surface area (Å²) in [7, 11) is 1.54. The standard InChI is InChI=1S/C21H20N2O3S/c1-3-14-8-10-15(11-9-14)12-18-21(25)23-20(27-18)13-19(24)22-16-6-4-5-7-17(16)26-2/h4-13H,3H2,1-2H3,(H,22,24)(H,23,25). The molecule has 2 aromatic carbocycles. The van der Waals surface area contributed by atoms with Gasteiger partial charge in [0.2, 0.25) is 0 Å². The van der Waals surface area contributed by atoms with Gasteiger partial charge < -0.3 is 15.0 Å². The summed E-state index contributed by atoms with van der Waals surface area (Å²) in [6.45, 7) is 2.10. The van der Waals surface area contributed by atoms with Crippen LogP contribution in [0.25, 0.3) is 12.2 Å². The number of amides is 1. The van der Waals surface area contributed by atoms with E-state index in [2.05, 4.69) is 17.2 Å². The Morgan fingerprint density at radius 3 is 2.63 bits per heavy atom. The normalized spacial score (nSPS) is 12.2. The van der Waals surface area contributed by atoms with Crippen molar-refractivity contribution in [2.45, 2.75) is 13.3 Å². The van der Waals surface area contributed by atoms with Gasteiger partial charge in [-0.15, -0.1) is 11.3 Å². The van der Waals surface area contributed by atoms with E-state index in [1.54, 1.807) is 19.2 Å². The third kappa shape index (κ3) is 4.74. The van der Waals surface area contributed by atoms with Gasteiger partial charge in [0.15, 0.2) is 0 Å². The molecule has 0 saturated heterocycles. The first kappa shape index (κ1) is 18.7. The Balaban J connectivity index is 1.85. The quantitative estimate of drug-likeness (QED) is 0.713. The van der Waals surface area contributed by atoms with Crippen LogP contribution in [0.1, 0.15) is 18.1 Å². The maximum absolute atomic E-state index is 12.3. The summed E-state index contributed by atoms with van der Waals surface area (Å²) in [6.07, 6.45) is 4.16. The summed E-state index contributed by atoms with van der Waals surface area (Å²) in [5.41, 5.74) is 2.55. The number of rotatable bonds is 5. The van der Waals surface area contributed by atoms with Crippen molar-refractivity contribution >= 4 is 35.1 Å². The third-order valence-corrected chi connectivity index (χ3v) is 4.96.